The topological polar surface area (TPSA) is 81.0 Å². The van der Waals surface area contributed by atoms with Gasteiger partial charge in [0, 0.05) is 6.20 Å². The van der Waals surface area contributed by atoms with Gasteiger partial charge in [-0.1, -0.05) is 13.0 Å². The van der Waals surface area contributed by atoms with Crippen molar-refractivity contribution in [1.82, 2.24) is 9.97 Å². The number of nitro groups is 1. The highest BCUT2D eigenvalue weighted by Crippen LogP contribution is 2.25. The summed E-state index contributed by atoms with van der Waals surface area (Å²) in [5.41, 5.74) is 2.11. The molecule has 0 fully saturated rings. The van der Waals surface area contributed by atoms with E-state index in [-0.39, 0.29) is 5.00 Å². The van der Waals surface area contributed by atoms with Crippen molar-refractivity contribution in [2.24, 2.45) is 0 Å². The maximum absolute atomic E-state index is 10.5. The molecule has 2 rings (SSSR count). The minimum absolute atomic E-state index is 0.0363. The van der Waals surface area contributed by atoms with E-state index in [0.29, 0.717) is 11.7 Å². The van der Waals surface area contributed by atoms with E-state index in [0.717, 1.165) is 29.0 Å². The van der Waals surface area contributed by atoms with Gasteiger partial charge in [-0.05, 0) is 29.4 Å². The summed E-state index contributed by atoms with van der Waals surface area (Å²) >= 11 is 1.02. The molecule has 0 atom stereocenters. The Hall–Kier alpha value is -2.02. The summed E-state index contributed by atoms with van der Waals surface area (Å²) in [6.45, 7) is 2.59. The van der Waals surface area contributed by atoms with Crippen LogP contribution in [0.2, 0.25) is 0 Å². The zero-order chi connectivity index (χ0) is 13.0. The number of hydrogen-bond donors (Lipinski definition) is 1. The van der Waals surface area contributed by atoms with E-state index in [1.807, 2.05) is 12.1 Å². The Morgan fingerprint density at radius 2 is 2.33 bits per heavy atom. The fraction of sp³-hybridized carbons (Fsp3) is 0.273. The maximum Gasteiger partial charge on any atom is 0.345 e. The first-order chi connectivity index (χ1) is 8.70. The molecule has 94 valence electrons. The van der Waals surface area contributed by atoms with Gasteiger partial charge in [0.15, 0.2) is 5.13 Å². The standard InChI is InChI=1S/C11H12N4O2S/c1-2-8-4-3-5-12-9(8)6-13-11-14-7-10(18-11)15(16)17/h3-5,7H,2,6H2,1H3,(H,13,14). The van der Waals surface area contributed by atoms with E-state index in [1.165, 1.54) is 6.20 Å². The number of hydrogen-bond acceptors (Lipinski definition) is 6. The van der Waals surface area contributed by atoms with E-state index in [9.17, 15) is 10.1 Å². The largest absolute Gasteiger partial charge is 0.356 e. The van der Waals surface area contributed by atoms with Crippen LogP contribution in [-0.4, -0.2) is 14.9 Å². The van der Waals surface area contributed by atoms with Gasteiger partial charge >= 0.3 is 5.00 Å². The molecule has 0 saturated carbocycles. The minimum atomic E-state index is -0.443. The number of aryl methyl sites for hydroxylation is 1. The third kappa shape index (κ3) is 2.80. The summed E-state index contributed by atoms with van der Waals surface area (Å²) in [6.07, 6.45) is 3.90. The van der Waals surface area contributed by atoms with Crippen LogP contribution in [0, 0.1) is 10.1 Å². The Kier molecular flexibility index (Phi) is 3.83. The molecule has 0 aliphatic carbocycles. The molecule has 0 spiro atoms. The summed E-state index contributed by atoms with van der Waals surface area (Å²) in [5, 5.41) is 14.1. The van der Waals surface area contributed by atoms with E-state index in [2.05, 4.69) is 22.2 Å². The lowest BCUT2D eigenvalue weighted by Crippen LogP contribution is -2.04. The number of nitrogens with one attached hydrogen (secondary N) is 1. The first-order valence-electron chi connectivity index (χ1n) is 5.47. The van der Waals surface area contributed by atoms with Gasteiger partial charge in [-0.3, -0.25) is 15.1 Å². The van der Waals surface area contributed by atoms with Gasteiger partial charge in [-0.2, -0.15) is 0 Å². The van der Waals surface area contributed by atoms with Crippen LogP contribution in [0.5, 0.6) is 0 Å². The van der Waals surface area contributed by atoms with Crippen molar-refractivity contribution >= 4 is 21.5 Å². The molecule has 0 amide bonds. The van der Waals surface area contributed by atoms with Crippen LogP contribution in [0.3, 0.4) is 0 Å². The van der Waals surface area contributed by atoms with E-state index in [4.69, 9.17) is 0 Å². The Morgan fingerprint density at radius 3 is 3.00 bits per heavy atom. The fourth-order valence-electron chi connectivity index (χ4n) is 1.54. The summed E-state index contributed by atoms with van der Waals surface area (Å²) in [7, 11) is 0. The minimum Gasteiger partial charge on any atom is -0.356 e. The summed E-state index contributed by atoms with van der Waals surface area (Å²) < 4.78 is 0. The molecule has 18 heavy (non-hydrogen) atoms. The van der Waals surface area contributed by atoms with Crippen LogP contribution in [-0.2, 0) is 13.0 Å². The van der Waals surface area contributed by atoms with E-state index in [1.54, 1.807) is 6.20 Å². The van der Waals surface area contributed by atoms with Gasteiger partial charge in [0.1, 0.15) is 6.20 Å². The molecular weight excluding hydrogens is 252 g/mol. The van der Waals surface area contributed by atoms with Gasteiger partial charge in [-0.25, -0.2) is 4.98 Å². The van der Waals surface area contributed by atoms with Crippen molar-refractivity contribution in [2.75, 3.05) is 5.32 Å². The van der Waals surface area contributed by atoms with Gasteiger partial charge in [-0.15, -0.1) is 0 Å². The second-order valence-electron chi connectivity index (χ2n) is 3.58. The predicted octanol–water partition coefficient (Wildman–Crippen LogP) is 2.62. The quantitative estimate of drug-likeness (QED) is 0.663. The molecule has 0 saturated heterocycles. The van der Waals surface area contributed by atoms with E-state index >= 15 is 0 Å². The Labute approximate surface area is 108 Å². The molecule has 0 aliphatic heterocycles. The molecule has 6 nitrogen and oxygen atoms in total. The molecule has 0 aliphatic rings. The predicted molar refractivity (Wildman–Crippen MR) is 69.7 cm³/mol. The van der Waals surface area contributed by atoms with Crippen LogP contribution in [0.25, 0.3) is 0 Å². The van der Waals surface area contributed by atoms with E-state index < -0.39 is 4.92 Å². The molecule has 2 aromatic heterocycles. The summed E-state index contributed by atoms with van der Waals surface area (Å²) in [6, 6.07) is 3.92. The van der Waals surface area contributed by atoms with Crippen molar-refractivity contribution < 1.29 is 4.92 Å². The highest BCUT2D eigenvalue weighted by Gasteiger charge is 2.11. The monoisotopic (exact) mass is 264 g/mol. The molecule has 0 unspecified atom stereocenters. The average Bonchev–Trinajstić information content (AvgIpc) is 2.85. The van der Waals surface area contributed by atoms with Gasteiger partial charge < -0.3 is 5.32 Å². The molecule has 7 heteroatoms. The molecule has 0 bridgehead atoms. The number of thiazole rings is 1. The smallest absolute Gasteiger partial charge is 0.345 e. The molecule has 1 N–H and O–H groups in total. The zero-order valence-electron chi connectivity index (χ0n) is 9.79. The van der Waals surface area contributed by atoms with Crippen LogP contribution in [0.1, 0.15) is 18.2 Å². The summed E-state index contributed by atoms with van der Waals surface area (Å²) in [4.78, 5) is 18.3. The normalized spacial score (nSPS) is 10.3. The Balaban J connectivity index is 2.04. The van der Waals surface area contributed by atoms with Crippen LogP contribution < -0.4 is 5.32 Å². The van der Waals surface area contributed by atoms with Gasteiger partial charge in [0.25, 0.3) is 0 Å². The lowest BCUT2D eigenvalue weighted by atomic mass is 10.1. The Morgan fingerprint density at radius 1 is 1.50 bits per heavy atom. The van der Waals surface area contributed by atoms with Gasteiger partial charge in [0.05, 0.1) is 17.2 Å². The number of pyridine rings is 1. The van der Waals surface area contributed by atoms with Crippen molar-refractivity contribution in [3.05, 3.63) is 45.9 Å². The number of aromatic nitrogens is 2. The van der Waals surface area contributed by atoms with Crippen molar-refractivity contribution in [2.45, 2.75) is 19.9 Å². The van der Waals surface area contributed by atoms with Crippen LogP contribution in [0.15, 0.2) is 24.5 Å². The molecule has 0 radical (unpaired) electrons. The summed E-state index contributed by atoms with van der Waals surface area (Å²) in [5.74, 6) is 0. The molecular formula is C11H12N4O2S. The van der Waals surface area contributed by atoms with Crippen molar-refractivity contribution in [3.63, 3.8) is 0 Å². The van der Waals surface area contributed by atoms with Crippen LogP contribution >= 0.6 is 11.3 Å². The van der Waals surface area contributed by atoms with Gasteiger partial charge in [0.2, 0.25) is 0 Å². The highest BCUT2D eigenvalue weighted by molar-refractivity contribution is 7.18. The maximum atomic E-state index is 10.5. The lowest BCUT2D eigenvalue weighted by Gasteiger charge is -2.06. The van der Waals surface area contributed by atoms with Crippen molar-refractivity contribution in [1.29, 1.82) is 0 Å². The van der Waals surface area contributed by atoms with Crippen molar-refractivity contribution in [3.8, 4) is 0 Å². The second-order valence-corrected chi connectivity index (χ2v) is 4.59. The molecule has 2 heterocycles. The second kappa shape index (κ2) is 5.54. The first-order valence-corrected chi connectivity index (χ1v) is 6.29. The van der Waals surface area contributed by atoms with Crippen LogP contribution in [0.4, 0.5) is 10.1 Å². The fourth-order valence-corrected chi connectivity index (χ4v) is 2.17. The molecule has 0 aromatic carbocycles. The lowest BCUT2D eigenvalue weighted by molar-refractivity contribution is -0.380. The number of rotatable bonds is 5. The number of nitrogens with zero attached hydrogens (tertiary/aromatic N) is 3. The molecule has 2 aromatic rings. The average molecular weight is 264 g/mol. The number of anilines is 1. The Bertz CT molecular complexity index is 555. The third-order valence-electron chi connectivity index (χ3n) is 2.45. The highest BCUT2D eigenvalue weighted by atomic mass is 32.1. The SMILES string of the molecule is CCc1cccnc1CNc1ncc([N+](=O)[O-])s1. The zero-order valence-corrected chi connectivity index (χ0v) is 10.6. The third-order valence-corrected chi connectivity index (χ3v) is 3.35. The first kappa shape index (κ1) is 12.4.